The van der Waals surface area contributed by atoms with E-state index in [9.17, 15) is 18.0 Å². The molecular formula is C12H20F3NO2. The van der Waals surface area contributed by atoms with Gasteiger partial charge in [0.15, 0.2) is 0 Å². The number of aliphatic carboxylic acids is 1. The van der Waals surface area contributed by atoms with Crippen molar-refractivity contribution in [2.24, 2.45) is 5.92 Å². The number of carboxylic acid groups (broad SMARTS) is 1. The quantitative estimate of drug-likeness (QED) is 0.851. The monoisotopic (exact) mass is 267 g/mol. The van der Waals surface area contributed by atoms with Crippen LogP contribution in [0.3, 0.4) is 0 Å². The molecule has 0 aromatic carbocycles. The van der Waals surface area contributed by atoms with Crippen molar-refractivity contribution in [3.05, 3.63) is 0 Å². The summed E-state index contributed by atoms with van der Waals surface area (Å²) >= 11 is 0. The second kappa shape index (κ2) is 5.91. The van der Waals surface area contributed by atoms with Crippen LogP contribution in [0.1, 0.15) is 39.0 Å². The Labute approximate surface area is 105 Å². The van der Waals surface area contributed by atoms with E-state index < -0.39 is 24.6 Å². The van der Waals surface area contributed by atoms with Crippen molar-refractivity contribution in [3.63, 3.8) is 0 Å². The third-order valence-electron chi connectivity index (χ3n) is 3.80. The minimum atomic E-state index is -4.49. The fourth-order valence-corrected chi connectivity index (χ4v) is 2.56. The molecule has 1 atom stereocenters. The number of carbonyl (C=O) groups is 1. The van der Waals surface area contributed by atoms with E-state index >= 15 is 0 Å². The van der Waals surface area contributed by atoms with Gasteiger partial charge in [-0.25, -0.2) is 0 Å². The van der Waals surface area contributed by atoms with Gasteiger partial charge in [-0.15, -0.1) is 0 Å². The lowest BCUT2D eigenvalue weighted by molar-refractivity contribution is -0.193. The third-order valence-corrected chi connectivity index (χ3v) is 3.80. The normalized spacial score (nSPS) is 27.2. The molecule has 1 aliphatic carbocycles. The van der Waals surface area contributed by atoms with E-state index in [1.807, 2.05) is 0 Å². The van der Waals surface area contributed by atoms with E-state index in [0.29, 0.717) is 18.8 Å². The van der Waals surface area contributed by atoms with Crippen LogP contribution in [0.15, 0.2) is 0 Å². The molecule has 106 valence electrons. The summed E-state index contributed by atoms with van der Waals surface area (Å²) in [6.45, 7) is 2.09. The van der Waals surface area contributed by atoms with Crippen LogP contribution in [0.4, 0.5) is 13.2 Å². The van der Waals surface area contributed by atoms with E-state index in [4.69, 9.17) is 5.11 Å². The summed E-state index contributed by atoms with van der Waals surface area (Å²) in [5.41, 5.74) is 0. The number of rotatable bonds is 4. The second-order valence-corrected chi connectivity index (χ2v) is 5.23. The molecule has 1 saturated carbocycles. The van der Waals surface area contributed by atoms with Gasteiger partial charge in [-0.1, -0.05) is 6.92 Å². The maximum Gasteiger partial charge on any atom is 0.404 e. The van der Waals surface area contributed by atoms with Crippen LogP contribution in [0.2, 0.25) is 0 Å². The van der Waals surface area contributed by atoms with Gasteiger partial charge >= 0.3 is 12.1 Å². The highest BCUT2D eigenvalue weighted by atomic mass is 19.4. The number of hydrogen-bond donors (Lipinski definition) is 1. The van der Waals surface area contributed by atoms with Gasteiger partial charge < -0.3 is 5.11 Å². The number of nitrogens with zero attached hydrogens (tertiary/aromatic N) is 1. The van der Waals surface area contributed by atoms with Crippen LogP contribution in [0.25, 0.3) is 0 Å². The number of alkyl halides is 3. The van der Waals surface area contributed by atoms with Crippen molar-refractivity contribution >= 4 is 5.97 Å². The Balaban J connectivity index is 2.69. The number of hydrogen-bond acceptors (Lipinski definition) is 2. The van der Waals surface area contributed by atoms with Gasteiger partial charge in [0, 0.05) is 6.04 Å². The first-order valence-electron chi connectivity index (χ1n) is 6.22. The molecule has 0 radical (unpaired) electrons. The van der Waals surface area contributed by atoms with Gasteiger partial charge in [-0.3, -0.25) is 9.69 Å². The standard InChI is InChI=1S/C12H20F3NO2/c1-8-3-5-9(6-4-8)16(2)10(7-11(17)18)12(13,14)15/h8-10H,3-7H2,1-2H3,(H,17,18). The summed E-state index contributed by atoms with van der Waals surface area (Å²) in [4.78, 5) is 11.8. The van der Waals surface area contributed by atoms with Gasteiger partial charge in [0.25, 0.3) is 0 Å². The Bertz CT molecular complexity index is 286. The van der Waals surface area contributed by atoms with Gasteiger partial charge in [-0.2, -0.15) is 13.2 Å². The average molecular weight is 267 g/mol. The van der Waals surface area contributed by atoms with E-state index in [1.165, 1.54) is 11.9 Å². The van der Waals surface area contributed by atoms with Gasteiger partial charge in [0.1, 0.15) is 6.04 Å². The molecule has 0 heterocycles. The van der Waals surface area contributed by atoms with Gasteiger partial charge in [0.2, 0.25) is 0 Å². The maximum absolute atomic E-state index is 12.9. The Kier molecular flexibility index (Phi) is 5.01. The maximum atomic E-state index is 12.9. The Morgan fingerprint density at radius 2 is 1.83 bits per heavy atom. The topological polar surface area (TPSA) is 40.5 Å². The molecule has 1 aliphatic rings. The number of carboxylic acids is 1. The Morgan fingerprint density at radius 3 is 2.22 bits per heavy atom. The fourth-order valence-electron chi connectivity index (χ4n) is 2.56. The van der Waals surface area contributed by atoms with E-state index in [2.05, 4.69) is 6.92 Å². The molecule has 0 bridgehead atoms. The second-order valence-electron chi connectivity index (χ2n) is 5.23. The van der Waals surface area contributed by atoms with Crippen molar-refractivity contribution in [1.82, 2.24) is 4.90 Å². The van der Waals surface area contributed by atoms with Crippen molar-refractivity contribution in [2.75, 3.05) is 7.05 Å². The molecule has 18 heavy (non-hydrogen) atoms. The average Bonchev–Trinajstić information content (AvgIpc) is 2.24. The molecule has 3 nitrogen and oxygen atoms in total. The highest BCUT2D eigenvalue weighted by Crippen LogP contribution is 2.33. The SMILES string of the molecule is CC1CCC(N(C)C(CC(=O)O)C(F)(F)F)CC1. The van der Waals surface area contributed by atoms with Crippen LogP contribution in [0, 0.1) is 5.92 Å². The van der Waals surface area contributed by atoms with Gasteiger partial charge in [0.05, 0.1) is 6.42 Å². The first-order chi connectivity index (χ1) is 8.21. The molecule has 1 fully saturated rings. The van der Waals surface area contributed by atoms with Crippen LogP contribution in [-0.4, -0.2) is 41.3 Å². The summed E-state index contributed by atoms with van der Waals surface area (Å²) in [6.07, 6.45) is -2.13. The molecule has 1 rings (SSSR count). The summed E-state index contributed by atoms with van der Waals surface area (Å²) < 4.78 is 38.6. The molecule has 1 unspecified atom stereocenters. The molecule has 0 aromatic rings. The molecule has 0 saturated heterocycles. The lowest BCUT2D eigenvalue weighted by Gasteiger charge is -2.38. The molecule has 1 N–H and O–H groups in total. The zero-order valence-electron chi connectivity index (χ0n) is 10.7. The zero-order valence-corrected chi connectivity index (χ0v) is 10.7. The van der Waals surface area contributed by atoms with Crippen LogP contribution >= 0.6 is 0 Å². The fraction of sp³-hybridized carbons (Fsp3) is 0.917. The lowest BCUT2D eigenvalue weighted by atomic mass is 9.86. The summed E-state index contributed by atoms with van der Waals surface area (Å²) in [6, 6.07) is -2.04. The van der Waals surface area contributed by atoms with Crippen molar-refractivity contribution in [1.29, 1.82) is 0 Å². The van der Waals surface area contributed by atoms with Crippen molar-refractivity contribution < 1.29 is 23.1 Å². The Morgan fingerprint density at radius 1 is 1.33 bits per heavy atom. The molecule has 0 spiro atoms. The number of halogens is 3. The largest absolute Gasteiger partial charge is 0.481 e. The van der Waals surface area contributed by atoms with E-state index in [-0.39, 0.29) is 6.04 Å². The predicted molar refractivity (Wildman–Crippen MR) is 61.3 cm³/mol. The first kappa shape index (κ1) is 15.3. The van der Waals surface area contributed by atoms with Crippen molar-refractivity contribution in [3.8, 4) is 0 Å². The zero-order chi connectivity index (χ0) is 13.9. The first-order valence-corrected chi connectivity index (χ1v) is 6.22. The predicted octanol–water partition coefficient (Wildman–Crippen LogP) is 2.90. The van der Waals surface area contributed by atoms with E-state index in [1.54, 1.807) is 0 Å². The molecule has 0 aliphatic heterocycles. The van der Waals surface area contributed by atoms with E-state index in [0.717, 1.165) is 12.8 Å². The van der Waals surface area contributed by atoms with Crippen LogP contribution in [0.5, 0.6) is 0 Å². The molecule has 6 heteroatoms. The smallest absolute Gasteiger partial charge is 0.404 e. The van der Waals surface area contributed by atoms with Crippen LogP contribution in [-0.2, 0) is 4.79 Å². The Hall–Kier alpha value is -0.780. The van der Waals surface area contributed by atoms with Crippen molar-refractivity contribution in [2.45, 2.75) is 57.3 Å². The summed E-state index contributed by atoms with van der Waals surface area (Å²) in [5.74, 6) is -0.855. The third kappa shape index (κ3) is 4.15. The lowest BCUT2D eigenvalue weighted by Crippen LogP contribution is -2.50. The van der Waals surface area contributed by atoms with Gasteiger partial charge in [-0.05, 0) is 38.6 Å². The molecule has 0 amide bonds. The molecular weight excluding hydrogens is 247 g/mol. The minimum Gasteiger partial charge on any atom is -0.481 e. The van der Waals surface area contributed by atoms with Crippen LogP contribution < -0.4 is 0 Å². The minimum absolute atomic E-state index is 0.160. The molecule has 0 aromatic heterocycles. The highest BCUT2D eigenvalue weighted by Gasteiger charge is 2.45. The highest BCUT2D eigenvalue weighted by molar-refractivity contribution is 5.67. The summed E-state index contributed by atoms with van der Waals surface area (Å²) in [5, 5.41) is 8.61. The summed E-state index contributed by atoms with van der Waals surface area (Å²) in [7, 11) is 1.39.